The highest BCUT2D eigenvalue weighted by atomic mass is 16.5. The normalized spacial score (nSPS) is 12.5. The van der Waals surface area contributed by atoms with Gasteiger partial charge < -0.3 is 9.84 Å². The largest absolute Gasteiger partial charge is 0.494 e. The van der Waals surface area contributed by atoms with E-state index in [9.17, 15) is 0 Å². The van der Waals surface area contributed by atoms with Gasteiger partial charge in [-0.25, -0.2) is 0 Å². The monoisotopic (exact) mass is 410 g/mol. The Balaban J connectivity index is 2.04. The van der Waals surface area contributed by atoms with Crippen LogP contribution in [0.4, 0.5) is 11.4 Å². The molecule has 0 heterocycles. The molecule has 0 fully saturated rings. The molecule has 4 heteroatoms. The smallest absolute Gasteiger partial charge is 0.119 e. The van der Waals surface area contributed by atoms with Crippen molar-refractivity contribution in [2.45, 2.75) is 78.1 Å². The molecular formula is C26H38N2O2. The van der Waals surface area contributed by atoms with Crippen LogP contribution in [0.1, 0.15) is 78.4 Å². The number of hydrogen-bond donors (Lipinski definition) is 1. The average Bonchev–Trinajstić information content (AvgIpc) is 2.68. The Morgan fingerprint density at radius 2 is 1.23 bits per heavy atom. The first-order valence-corrected chi connectivity index (χ1v) is 11.0. The molecule has 4 nitrogen and oxygen atoms in total. The van der Waals surface area contributed by atoms with Gasteiger partial charge in [-0.2, -0.15) is 10.2 Å². The number of rotatable bonds is 9. The van der Waals surface area contributed by atoms with Crippen LogP contribution >= 0.6 is 0 Å². The van der Waals surface area contributed by atoms with Crippen molar-refractivity contribution in [3.63, 3.8) is 0 Å². The lowest BCUT2D eigenvalue weighted by molar-refractivity contribution is 0.273. The molecule has 2 aromatic carbocycles. The molecule has 0 unspecified atom stereocenters. The van der Waals surface area contributed by atoms with Gasteiger partial charge in [0.2, 0.25) is 0 Å². The zero-order valence-electron chi connectivity index (χ0n) is 19.5. The number of nitrogens with zero attached hydrogens (tertiary/aromatic N) is 2. The van der Waals surface area contributed by atoms with Crippen molar-refractivity contribution in [1.82, 2.24) is 0 Å². The van der Waals surface area contributed by atoms with Crippen molar-refractivity contribution in [2.24, 2.45) is 10.2 Å². The molecule has 0 bridgehead atoms. The average molecular weight is 411 g/mol. The standard InChI is InChI=1S/C26H38N2O2/c1-25(2,3)20-17-21(26(4,5)6)19-23(18-20)28-27-22-11-13-24(14-12-22)30-16-10-8-7-9-15-29/h11-14,17-19,29H,7-10,15-16H2,1-6H3. The van der Waals surface area contributed by atoms with Crippen LogP contribution in [0, 0.1) is 0 Å². The summed E-state index contributed by atoms with van der Waals surface area (Å²) in [6, 6.07) is 14.3. The Kier molecular flexibility index (Phi) is 8.60. The van der Waals surface area contributed by atoms with Gasteiger partial charge in [0.15, 0.2) is 0 Å². The summed E-state index contributed by atoms with van der Waals surface area (Å²) in [7, 11) is 0. The SMILES string of the molecule is CC(C)(C)c1cc(N=Nc2ccc(OCCCCCCO)cc2)cc(C(C)(C)C)c1. The van der Waals surface area contributed by atoms with Crippen LogP contribution in [0.5, 0.6) is 5.75 Å². The van der Waals surface area contributed by atoms with Gasteiger partial charge in [-0.3, -0.25) is 0 Å². The molecule has 0 amide bonds. The molecule has 0 saturated carbocycles. The Morgan fingerprint density at radius 1 is 0.700 bits per heavy atom. The second-order valence-electron chi connectivity index (χ2n) is 9.95. The Bertz CT molecular complexity index is 780. The first-order chi connectivity index (χ1) is 14.1. The quantitative estimate of drug-likeness (QED) is 0.341. The minimum absolute atomic E-state index is 0.0581. The molecule has 164 valence electrons. The maximum Gasteiger partial charge on any atom is 0.119 e. The van der Waals surface area contributed by atoms with Crippen molar-refractivity contribution in [2.75, 3.05) is 13.2 Å². The summed E-state index contributed by atoms with van der Waals surface area (Å²) >= 11 is 0. The zero-order valence-corrected chi connectivity index (χ0v) is 19.5. The van der Waals surface area contributed by atoms with Crippen molar-refractivity contribution in [3.8, 4) is 5.75 Å². The van der Waals surface area contributed by atoms with Crippen LogP contribution in [0.25, 0.3) is 0 Å². The highest BCUT2D eigenvalue weighted by Gasteiger charge is 2.20. The van der Waals surface area contributed by atoms with E-state index < -0.39 is 0 Å². The highest BCUT2D eigenvalue weighted by molar-refractivity contribution is 5.49. The second-order valence-corrected chi connectivity index (χ2v) is 9.95. The van der Waals surface area contributed by atoms with E-state index in [4.69, 9.17) is 9.84 Å². The number of azo groups is 1. The first-order valence-electron chi connectivity index (χ1n) is 11.0. The Labute approximate surface area is 182 Å². The van der Waals surface area contributed by atoms with Gasteiger partial charge in [0.25, 0.3) is 0 Å². The summed E-state index contributed by atoms with van der Waals surface area (Å²) in [5.74, 6) is 0.848. The molecule has 0 aromatic heterocycles. The number of ether oxygens (including phenoxy) is 1. The molecule has 0 aliphatic rings. The van der Waals surface area contributed by atoms with Crippen molar-refractivity contribution in [1.29, 1.82) is 0 Å². The molecular weight excluding hydrogens is 372 g/mol. The van der Waals surface area contributed by atoms with E-state index in [1.54, 1.807) is 0 Å². The van der Waals surface area contributed by atoms with Gasteiger partial charge in [0.05, 0.1) is 18.0 Å². The van der Waals surface area contributed by atoms with Crippen LogP contribution < -0.4 is 4.74 Å². The van der Waals surface area contributed by atoms with Gasteiger partial charge >= 0.3 is 0 Å². The molecule has 0 aliphatic heterocycles. The van der Waals surface area contributed by atoms with Crippen LogP contribution in [0.2, 0.25) is 0 Å². The number of aliphatic hydroxyl groups is 1. The maximum absolute atomic E-state index is 8.79. The van der Waals surface area contributed by atoms with Gasteiger partial charge in [0, 0.05) is 6.61 Å². The molecule has 1 N–H and O–H groups in total. The van der Waals surface area contributed by atoms with Gasteiger partial charge in [-0.1, -0.05) is 54.0 Å². The molecule has 2 rings (SSSR count). The minimum Gasteiger partial charge on any atom is -0.494 e. The topological polar surface area (TPSA) is 54.2 Å². The number of aliphatic hydroxyl groups excluding tert-OH is 1. The van der Waals surface area contributed by atoms with Crippen LogP contribution in [-0.4, -0.2) is 18.3 Å². The van der Waals surface area contributed by atoms with E-state index >= 15 is 0 Å². The number of benzene rings is 2. The summed E-state index contributed by atoms with van der Waals surface area (Å²) in [5, 5.41) is 17.8. The van der Waals surface area contributed by atoms with Crippen LogP contribution in [-0.2, 0) is 10.8 Å². The van der Waals surface area contributed by atoms with Gasteiger partial charge in [-0.15, -0.1) is 0 Å². The summed E-state index contributed by atoms with van der Waals surface area (Å²) in [5.41, 5.74) is 4.35. The van der Waals surface area contributed by atoms with Gasteiger partial charge in [-0.05, 0) is 77.6 Å². The van der Waals surface area contributed by atoms with Gasteiger partial charge in [0.1, 0.15) is 5.75 Å². The molecule has 0 atom stereocenters. The Morgan fingerprint density at radius 3 is 1.77 bits per heavy atom. The van der Waals surface area contributed by atoms with Crippen molar-refractivity contribution >= 4 is 11.4 Å². The predicted octanol–water partition coefficient (Wildman–Crippen LogP) is 7.63. The predicted molar refractivity (Wildman–Crippen MR) is 126 cm³/mol. The second kappa shape index (κ2) is 10.7. The third kappa shape index (κ3) is 7.91. The van der Waals surface area contributed by atoms with E-state index in [2.05, 4.69) is 70.0 Å². The van der Waals surface area contributed by atoms with Crippen LogP contribution in [0.15, 0.2) is 52.7 Å². The third-order valence-electron chi connectivity index (χ3n) is 5.09. The first kappa shape index (κ1) is 24.1. The fourth-order valence-corrected chi connectivity index (χ4v) is 3.02. The summed E-state index contributed by atoms with van der Waals surface area (Å²) in [6.07, 6.45) is 4.00. The number of hydrogen-bond acceptors (Lipinski definition) is 4. The summed E-state index contributed by atoms with van der Waals surface area (Å²) in [6.45, 7) is 14.3. The van der Waals surface area contributed by atoms with Crippen LogP contribution in [0.3, 0.4) is 0 Å². The van der Waals surface area contributed by atoms with E-state index in [-0.39, 0.29) is 17.4 Å². The Hall–Kier alpha value is -2.20. The van der Waals surface area contributed by atoms with E-state index in [1.807, 2.05) is 24.3 Å². The zero-order chi connectivity index (χ0) is 22.2. The molecule has 0 spiro atoms. The molecule has 0 saturated heterocycles. The van der Waals surface area contributed by atoms with Crippen molar-refractivity contribution in [3.05, 3.63) is 53.6 Å². The minimum atomic E-state index is 0.0581. The van der Waals surface area contributed by atoms with E-state index in [0.717, 1.165) is 42.8 Å². The van der Waals surface area contributed by atoms with E-state index in [1.165, 1.54) is 11.1 Å². The van der Waals surface area contributed by atoms with Crippen molar-refractivity contribution < 1.29 is 9.84 Å². The highest BCUT2D eigenvalue weighted by Crippen LogP contribution is 2.33. The lowest BCUT2D eigenvalue weighted by Crippen LogP contribution is -2.16. The van der Waals surface area contributed by atoms with E-state index in [0.29, 0.717) is 6.61 Å². The maximum atomic E-state index is 8.79. The number of unbranched alkanes of at least 4 members (excludes halogenated alkanes) is 3. The lowest BCUT2D eigenvalue weighted by atomic mass is 9.80. The summed E-state index contributed by atoms with van der Waals surface area (Å²) in [4.78, 5) is 0. The third-order valence-corrected chi connectivity index (χ3v) is 5.09. The summed E-state index contributed by atoms with van der Waals surface area (Å²) < 4.78 is 5.78. The fourth-order valence-electron chi connectivity index (χ4n) is 3.02. The molecule has 0 aliphatic carbocycles. The lowest BCUT2D eigenvalue weighted by Gasteiger charge is -2.25. The molecule has 2 aromatic rings. The molecule has 0 radical (unpaired) electrons. The molecule has 30 heavy (non-hydrogen) atoms. The fraction of sp³-hybridized carbons (Fsp3) is 0.538.